The van der Waals surface area contributed by atoms with Gasteiger partial charge >= 0.3 is 0 Å². The number of hydrogen-bond acceptors (Lipinski definition) is 5. The molecular formula is C18H19F2N3O3. The van der Waals surface area contributed by atoms with Crippen LogP contribution in [0.3, 0.4) is 0 Å². The number of carbonyl (C=O) groups excluding carboxylic acids is 1. The molecule has 1 saturated heterocycles. The van der Waals surface area contributed by atoms with Crippen molar-refractivity contribution in [1.82, 2.24) is 15.1 Å². The summed E-state index contributed by atoms with van der Waals surface area (Å²) >= 11 is 0. The van der Waals surface area contributed by atoms with Crippen LogP contribution in [0.2, 0.25) is 0 Å². The van der Waals surface area contributed by atoms with Gasteiger partial charge in [-0.2, -0.15) is 0 Å². The third-order valence-electron chi connectivity index (χ3n) is 5.23. The summed E-state index contributed by atoms with van der Waals surface area (Å²) in [6.45, 7) is 1.97. The molecule has 1 amide bonds. The average molecular weight is 363 g/mol. The van der Waals surface area contributed by atoms with Crippen LogP contribution >= 0.6 is 0 Å². The van der Waals surface area contributed by atoms with Crippen LogP contribution in [0.5, 0.6) is 0 Å². The highest BCUT2D eigenvalue weighted by Crippen LogP contribution is 2.55. The summed E-state index contributed by atoms with van der Waals surface area (Å²) in [4.78, 5) is 13.5. The number of aromatic nitrogens is 2. The maximum atomic E-state index is 14.0. The number of rotatable bonds is 4. The fourth-order valence-electron chi connectivity index (χ4n) is 3.70. The lowest BCUT2D eigenvalue weighted by atomic mass is 10.1. The van der Waals surface area contributed by atoms with Crippen molar-refractivity contribution in [3.8, 4) is 0 Å². The Hall–Kier alpha value is -2.35. The van der Waals surface area contributed by atoms with Gasteiger partial charge < -0.3 is 14.1 Å². The van der Waals surface area contributed by atoms with E-state index in [0.717, 1.165) is 6.07 Å². The number of halogens is 2. The van der Waals surface area contributed by atoms with Crippen LogP contribution in [0.15, 0.2) is 22.6 Å². The number of likely N-dealkylation sites (tertiary alicyclic amines) is 1. The fraction of sp³-hybridized carbons (Fsp3) is 0.500. The molecular weight excluding hydrogens is 344 g/mol. The van der Waals surface area contributed by atoms with Crippen LogP contribution in [0.4, 0.5) is 8.78 Å². The lowest BCUT2D eigenvalue weighted by Gasteiger charge is -2.19. The largest absolute Gasteiger partial charge is 0.423 e. The summed E-state index contributed by atoms with van der Waals surface area (Å²) < 4.78 is 38.5. The zero-order valence-corrected chi connectivity index (χ0v) is 14.5. The monoisotopic (exact) mass is 363 g/mol. The van der Waals surface area contributed by atoms with E-state index in [0.29, 0.717) is 36.7 Å². The summed E-state index contributed by atoms with van der Waals surface area (Å²) in [6, 6.07) is 3.86. The lowest BCUT2D eigenvalue weighted by molar-refractivity contribution is -0.130. The Morgan fingerprint density at radius 2 is 2.00 bits per heavy atom. The van der Waals surface area contributed by atoms with Gasteiger partial charge in [0.05, 0.1) is 6.10 Å². The molecule has 138 valence electrons. The molecule has 6 nitrogen and oxygen atoms in total. The molecule has 26 heavy (non-hydrogen) atoms. The van der Waals surface area contributed by atoms with E-state index >= 15 is 0 Å². The maximum Gasteiger partial charge on any atom is 0.239 e. The van der Waals surface area contributed by atoms with Crippen LogP contribution in [-0.4, -0.2) is 40.8 Å². The van der Waals surface area contributed by atoms with E-state index in [4.69, 9.17) is 9.15 Å². The van der Waals surface area contributed by atoms with Gasteiger partial charge in [-0.3, -0.25) is 4.79 Å². The van der Waals surface area contributed by atoms with Crippen molar-refractivity contribution in [1.29, 1.82) is 0 Å². The zero-order valence-electron chi connectivity index (χ0n) is 14.5. The van der Waals surface area contributed by atoms with Crippen LogP contribution in [0.1, 0.15) is 55.0 Å². The smallest absolute Gasteiger partial charge is 0.239 e. The highest BCUT2D eigenvalue weighted by Gasteiger charge is 2.46. The predicted molar refractivity (Wildman–Crippen MR) is 86.3 cm³/mol. The number of amides is 1. The quantitative estimate of drug-likeness (QED) is 0.835. The average Bonchev–Trinajstić information content (AvgIpc) is 3.07. The molecule has 8 heteroatoms. The van der Waals surface area contributed by atoms with Crippen LogP contribution in [-0.2, 0) is 9.53 Å². The van der Waals surface area contributed by atoms with E-state index in [2.05, 4.69) is 10.2 Å². The summed E-state index contributed by atoms with van der Waals surface area (Å²) in [6.07, 6.45) is 1.14. The molecule has 1 aromatic heterocycles. The molecule has 1 saturated carbocycles. The zero-order chi connectivity index (χ0) is 18.4. The normalized spacial score (nSPS) is 27.8. The fourth-order valence-corrected chi connectivity index (χ4v) is 3.70. The van der Waals surface area contributed by atoms with Crippen molar-refractivity contribution in [2.45, 2.75) is 43.7 Å². The Labute approximate surface area is 149 Å². The molecule has 0 unspecified atom stereocenters. The SMILES string of the molecule is CO[C@H]1C[C@H](c2nnc([C@@H]3C[C@@H]3c3cccc(F)c3F)o2)N(C(C)=O)C1. The predicted octanol–water partition coefficient (Wildman–Crippen LogP) is 2.93. The van der Waals surface area contributed by atoms with Crippen LogP contribution in [0.25, 0.3) is 0 Å². The van der Waals surface area contributed by atoms with E-state index in [1.165, 1.54) is 13.0 Å². The molecule has 2 aliphatic rings. The minimum Gasteiger partial charge on any atom is -0.423 e. The number of carbonyl (C=O) groups is 1. The lowest BCUT2D eigenvalue weighted by Crippen LogP contribution is -2.29. The van der Waals surface area contributed by atoms with Crippen LogP contribution in [0, 0.1) is 11.6 Å². The van der Waals surface area contributed by atoms with Crippen molar-refractivity contribution in [3.05, 3.63) is 47.2 Å². The summed E-state index contributed by atoms with van der Waals surface area (Å²) in [7, 11) is 1.60. The number of ether oxygens (including phenoxy) is 1. The van der Waals surface area contributed by atoms with Crippen molar-refractivity contribution in [2.75, 3.05) is 13.7 Å². The van der Waals surface area contributed by atoms with Crippen molar-refractivity contribution in [2.24, 2.45) is 0 Å². The highest BCUT2D eigenvalue weighted by atomic mass is 19.2. The van der Waals surface area contributed by atoms with Gasteiger partial charge in [-0.1, -0.05) is 12.1 Å². The van der Waals surface area contributed by atoms with E-state index in [1.807, 2.05) is 0 Å². The van der Waals surface area contributed by atoms with Gasteiger partial charge in [0.1, 0.15) is 6.04 Å². The molecule has 0 bridgehead atoms. The second kappa shape index (κ2) is 6.42. The Kier molecular flexibility index (Phi) is 4.22. The molecule has 1 aliphatic heterocycles. The van der Waals surface area contributed by atoms with Crippen molar-refractivity contribution in [3.63, 3.8) is 0 Å². The van der Waals surface area contributed by atoms with Gasteiger partial charge in [0.15, 0.2) is 11.6 Å². The maximum absolute atomic E-state index is 14.0. The first-order chi connectivity index (χ1) is 12.5. The van der Waals surface area contributed by atoms with Crippen molar-refractivity contribution < 1.29 is 22.7 Å². The molecule has 1 aliphatic carbocycles. The standard InChI is InChI=1S/C18H19F2N3O3/c1-9(24)23-8-10(25-2)6-15(23)18-22-21-17(26-18)13-7-12(13)11-4-3-5-14(19)16(11)20/h3-5,10,12-13,15H,6-8H2,1-2H3/t10-,12+,13+,15+/m0/s1. The van der Waals surface area contributed by atoms with Gasteiger partial charge in [0, 0.05) is 32.9 Å². The van der Waals surface area contributed by atoms with E-state index in [-0.39, 0.29) is 29.9 Å². The molecule has 2 aromatic rings. The van der Waals surface area contributed by atoms with Gasteiger partial charge in [-0.15, -0.1) is 10.2 Å². The Bertz CT molecular complexity index is 841. The Balaban J connectivity index is 1.52. The van der Waals surface area contributed by atoms with Gasteiger partial charge in [0.2, 0.25) is 17.7 Å². The number of methoxy groups -OCH3 is 1. The molecule has 0 radical (unpaired) electrons. The first kappa shape index (κ1) is 17.1. The minimum atomic E-state index is -0.854. The molecule has 2 fully saturated rings. The molecule has 1 aromatic carbocycles. The van der Waals surface area contributed by atoms with E-state index < -0.39 is 11.6 Å². The summed E-state index contributed by atoms with van der Waals surface area (Å²) in [5, 5.41) is 8.18. The van der Waals surface area contributed by atoms with Gasteiger partial charge in [0.25, 0.3) is 0 Å². The van der Waals surface area contributed by atoms with Crippen molar-refractivity contribution >= 4 is 5.91 Å². The summed E-state index contributed by atoms with van der Waals surface area (Å²) in [5.41, 5.74) is 0.334. The van der Waals surface area contributed by atoms with Gasteiger partial charge in [-0.05, 0) is 24.0 Å². The van der Waals surface area contributed by atoms with Crippen LogP contribution < -0.4 is 0 Å². The Morgan fingerprint density at radius 3 is 2.73 bits per heavy atom. The number of nitrogens with zero attached hydrogens (tertiary/aromatic N) is 3. The first-order valence-electron chi connectivity index (χ1n) is 8.56. The topological polar surface area (TPSA) is 68.5 Å². The molecule has 0 spiro atoms. The minimum absolute atomic E-state index is 0.0747. The molecule has 2 heterocycles. The molecule has 4 rings (SSSR count). The second-order valence-corrected chi connectivity index (χ2v) is 6.85. The molecule has 0 N–H and O–H groups in total. The first-order valence-corrected chi connectivity index (χ1v) is 8.56. The van der Waals surface area contributed by atoms with Gasteiger partial charge in [-0.25, -0.2) is 8.78 Å². The number of hydrogen-bond donors (Lipinski definition) is 0. The van der Waals surface area contributed by atoms with E-state index in [1.54, 1.807) is 18.1 Å². The molecule has 4 atom stereocenters. The van der Waals surface area contributed by atoms with E-state index in [9.17, 15) is 13.6 Å². The number of benzene rings is 1. The second-order valence-electron chi connectivity index (χ2n) is 6.85. The highest BCUT2D eigenvalue weighted by molar-refractivity contribution is 5.74. The third kappa shape index (κ3) is 2.88. The third-order valence-corrected chi connectivity index (χ3v) is 5.23. The summed E-state index contributed by atoms with van der Waals surface area (Å²) in [5.74, 6) is -1.29. The Morgan fingerprint density at radius 1 is 1.23 bits per heavy atom.